The topological polar surface area (TPSA) is 107 Å². The Morgan fingerprint density at radius 2 is 1.69 bits per heavy atom. The largest absolute Gasteiger partial charge is 0.502 e. The molecular weight excluding hydrogens is 372 g/mol. The van der Waals surface area contributed by atoms with Crippen LogP contribution in [0.5, 0.6) is 17.2 Å². The first-order valence-corrected chi connectivity index (χ1v) is 8.46. The monoisotopic (exact) mass is 394 g/mol. The number of ether oxygens (including phenoxy) is 2. The van der Waals surface area contributed by atoms with E-state index in [1.807, 2.05) is 35.8 Å². The van der Waals surface area contributed by atoms with Gasteiger partial charge in [0.1, 0.15) is 12.2 Å². The van der Waals surface area contributed by atoms with Gasteiger partial charge in [-0.1, -0.05) is 19.6 Å². The van der Waals surface area contributed by atoms with E-state index in [1.54, 1.807) is 12.1 Å². The minimum Gasteiger partial charge on any atom is -0.502 e. The molecule has 0 atom stereocenters. The van der Waals surface area contributed by atoms with Gasteiger partial charge in [-0.3, -0.25) is 4.57 Å². The van der Waals surface area contributed by atoms with E-state index in [2.05, 4.69) is 25.3 Å². The van der Waals surface area contributed by atoms with Crippen LogP contribution in [0.4, 0.5) is 11.6 Å². The minimum absolute atomic E-state index is 0. The van der Waals surface area contributed by atoms with Crippen LogP contribution in [-0.4, -0.2) is 43.8 Å². The third-order valence-electron chi connectivity index (χ3n) is 4.22. The van der Waals surface area contributed by atoms with Crippen molar-refractivity contribution in [3.05, 3.63) is 48.5 Å². The fourth-order valence-corrected chi connectivity index (χ4v) is 2.95. The zero-order valence-corrected chi connectivity index (χ0v) is 15.5. The average Bonchev–Trinajstić information content (AvgIpc) is 3.05. The van der Waals surface area contributed by atoms with E-state index in [4.69, 9.17) is 9.47 Å². The lowest BCUT2D eigenvalue weighted by molar-refractivity contribution is 0.340. The van der Waals surface area contributed by atoms with Gasteiger partial charge in [0.15, 0.2) is 11.5 Å². The number of hydrogen-bond acceptors (Lipinski definition) is 8. The van der Waals surface area contributed by atoms with Crippen LogP contribution in [0.25, 0.3) is 17.0 Å². The Morgan fingerprint density at radius 3 is 2.38 bits per heavy atom. The summed E-state index contributed by atoms with van der Waals surface area (Å²) in [4.78, 5) is 17.5. The first-order valence-electron chi connectivity index (χ1n) is 8.46. The quantitative estimate of drug-likeness (QED) is 0.494. The molecule has 0 amide bonds. The molecule has 2 aromatic heterocycles. The molecule has 4 aromatic rings. The number of para-hydroxylation sites is 2. The van der Waals surface area contributed by atoms with Gasteiger partial charge in [0, 0.05) is 17.8 Å². The van der Waals surface area contributed by atoms with Crippen LogP contribution in [0.2, 0.25) is 0 Å². The van der Waals surface area contributed by atoms with E-state index in [9.17, 15) is 5.11 Å². The van der Waals surface area contributed by atoms with Crippen LogP contribution in [0.3, 0.4) is 0 Å². The van der Waals surface area contributed by atoms with Crippen molar-refractivity contribution in [3.63, 3.8) is 0 Å². The number of hydrogen-bond donors (Lipinski definition) is 2. The number of aromatic nitrogens is 5. The van der Waals surface area contributed by atoms with Crippen LogP contribution < -0.4 is 14.8 Å². The minimum atomic E-state index is -0.0765. The van der Waals surface area contributed by atoms with Gasteiger partial charge in [-0.05, 0) is 19.1 Å². The standard InChI is InChI=1S/C19H18N6O3.CH4/c1-11-22-13-6-4-5-7-14(13)25(11)19-21-10-20-18(24-19)23-12-8-15(27-2)17(26)16(9-12)28-3;/h4-10,26H,1-3H3,(H,20,21,23,24);1H4. The molecule has 4 rings (SSSR count). The van der Waals surface area contributed by atoms with Gasteiger partial charge in [-0.2, -0.15) is 4.98 Å². The number of aromatic hydroxyl groups is 1. The lowest BCUT2D eigenvalue weighted by Crippen LogP contribution is -2.07. The second kappa shape index (κ2) is 8.01. The Labute approximate surface area is 168 Å². The summed E-state index contributed by atoms with van der Waals surface area (Å²) < 4.78 is 12.2. The Hall–Kier alpha value is -3.88. The number of anilines is 2. The number of fused-ring (bicyclic) bond motifs is 1. The van der Waals surface area contributed by atoms with Crippen LogP contribution in [-0.2, 0) is 0 Å². The first kappa shape index (κ1) is 19.9. The fraction of sp³-hybridized carbons (Fsp3) is 0.200. The second-order valence-electron chi connectivity index (χ2n) is 5.95. The number of benzene rings is 2. The van der Waals surface area contributed by atoms with Gasteiger partial charge in [0.25, 0.3) is 0 Å². The molecule has 9 nitrogen and oxygen atoms in total. The lowest BCUT2D eigenvalue weighted by atomic mass is 10.2. The Morgan fingerprint density at radius 1 is 1.00 bits per heavy atom. The summed E-state index contributed by atoms with van der Waals surface area (Å²) >= 11 is 0. The molecule has 2 aromatic carbocycles. The third kappa shape index (κ3) is 3.62. The van der Waals surface area contributed by atoms with Crippen molar-refractivity contribution in [2.45, 2.75) is 14.4 Å². The van der Waals surface area contributed by atoms with Crippen LogP contribution in [0.15, 0.2) is 42.7 Å². The molecule has 0 saturated heterocycles. The summed E-state index contributed by atoms with van der Waals surface area (Å²) in [5, 5.41) is 13.1. The molecule has 2 N–H and O–H groups in total. The third-order valence-corrected chi connectivity index (χ3v) is 4.22. The number of methoxy groups -OCH3 is 2. The highest BCUT2D eigenvalue weighted by Crippen LogP contribution is 2.39. The zero-order valence-electron chi connectivity index (χ0n) is 15.5. The molecule has 29 heavy (non-hydrogen) atoms. The molecule has 0 radical (unpaired) electrons. The normalized spacial score (nSPS) is 10.4. The summed E-state index contributed by atoms with van der Waals surface area (Å²) in [5.41, 5.74) is 2.36. The summed E-state index contributed by atoms with van der Waals surface area (Å²) in [5.74, 6) is 2.01. The molecule has 9 heteroatoms. The number of phenols is 1. The van der Waals surface area contributed by atoms with E-state index in [-0.39, 0.29) is 24.7 Å². The van der Waals surface area contributed by atoms with E-state index >= 15 is 0 Å². The molecule has 0 aliphatic rings. The predicted molar refractivity (Wildman–Crippen MR) is 110 cm³/mol. The molecule has 0 bridgehead atoms. The summed E-state index contributed by atoms with van der Waals surface area (Å²) in [6.45, 7) is 1.90. The van der Waals surface area contributed by atoms with Crippen molar-refractivity contribution in [1.29, 1.82) is 0 Å². The van der Waals surface area contributed by atoms with Gasteiger partial charge < -0.3 is 19.9 Å². The van der Waals surface area contributed by atoms with E-state index < -0.39 is 0 Å². The van der Waals surface area contributed by atoms with Crippen molar-refractivity contribution in [1.82, 2.24) is 24.5 Å². The maximum absolute atomic E-state index is 10.1. The van der Waals surface area contributed by atoms with Crippen LogP contribution >= 0.6 is 0 Å². The van der Waals surface area contributed by atoms with Crippen molar-refractivity contribution < 1.29 is 14.6 Å². The number of aryl methyl sites for hydroxylation is 1. The summed E-state index contributed by atoms with van der Waals surface area (Å²) in [6.07, 6.45) is 1.42. The van der Waals surface area contributed by atoms with Crippen LogP contribution in [0, 0.1) is 6.92 Å². The Balaban J connectivity index is 0.00000240. The molecule has 0 aliphatic heterocycles. The smallest absolute Gasteiger partial charge is 0.240 e. The number of rotatable bonds is 5. The van der Waals surface area contributed by atoms with Crippen LogP contribution in [0.1, 0.15) is 13.3 Å². The average molecular weight is 394 g/mol. The second-order valence-corrected chi connectivity index (χ2v) is 5.95. The highest BCUT2D eigenvalue weighted by molar-refractivity contribution is 5.77. The molecule has 150 valence electrons. The Bertz CT molecular complexity index is 1130. The molecule has 0 saturated carbocycles. The van der Waals surface area contributed by atoms with E-state index in [0.29, 0.717) is 17.6 Å². The van der Waals surface area contributed by atoms with Crippen molar-refractivity contribution in [3.8, 4) is 23.2 Å². The maximum atomic E-state index is 10.1. The fourth-order valence-electron chi connectivity index (χ4n) is 2.95. The van der Waals surface area contributed by atoms with Crippen molar-refractivity contribution in [2.75, 3.05) is 19.5 Å². The van der Waals surface area contributed by atoms with Crippen molar-refractivity contribution in [2.24, 2.45) is 0 Å². The van der Waals surface area contributed by atoms with Gasteiger partial charge >= 0.3 is 0 Å². The van der Waals surface area contributed by atoms with Gasteiger partial charge in [0.05, 0.1) is 25.3 Å². The first-order chi connectivity index (χ1) is 13.6. The Kier molecular flexibility index (Phi) is 5.49. The summed E-state index contributed by atoms with van der Waals surface area (Å²) in [6, 6.07) is 11.0. The maximum Gasteiger partial charge on any atom is 0.240 e. The van der Waals surface area contributed by atoms with Gasteiger partial charge in [-0.15, -0.1) is 0 Å². The number of phenolic OH excluding ortho intramolecular Hbond substituents is 1. The molecule has 0 spiro atoms. The number of nitrogens with one attached hydrogen (secondary N) is 1. The van der Waals surface area contributed by atoms with Gasteiger partial charge in [-0.25, -0.2) is 15.0 Å². The molecular formula is C20H22N6O3. The molecule has 2 heterocycles. The SMILES string of the molecule is C.COc1cc(Nc2ncnc(-n3c(C)nc4ccccc43)n2)cc(OC)c1O. The van der Waals surface area contributed by atoms with Crippen molar-refractivity contribution >= 4 is 22.7 Å². The lowest BCUT2D eigenvalue weighted by Gasteiger charge is -2.12. The number of imidazole rings is 1. The predicted octanol–water partition coefficient (Wildman–Crippen LogP) is 3.62. The van der Waals surface area contributed by atoms with E-state index in [1.165, 1.54) is 20.5 Å². The highest BCUT2D eigenvalue weighted by Gasteiger charge is 2.14. The molecule has 0 unspecified atom stereocenters. The molecule has 0 fully saturated rings. The zero-order chi connectivity index (χ0) is 19.7. The summed E-state index contributed by atoms with van der Waals surface area (Å²) in [7, 11) is 2.93. The number of nitrogens with zero attached hydrogens (tertiary/aromatic N) is 5. The highest BCUT2D eigenvalue weighted by atomic mass is 16.5. The van der Waals surface area contributed by atoms with E-state index in [0.717, 1.165) is 16.9 Å². The molecule has 0 aliphatic carbocycles. The van der Waals surface area contributed by atoms with Gasteiger partial charge in [0.2, 0.25) is 17.6 Å².